The average molecular weight is 350 g/mol. The molecule has 2 atom stereocenters. The third-order valence-corrected chi connectivity index (χ3v) is 5.88. The molecule has 0 aromatic carbocycles. The van der Waals surface area contributed by atoms with E-state index in [9.17, 15) is 16.8 Å². The molecule has 2 unspecified atom stereocenters. The molecule has 0 spiro atoms. The van der Waals surface area contributed by atoms with Gasteiger partial charge in [0.25, 0.3) is 0 Å². The molecule has 3 N–H and O–H groups in total. The number of hydrogen-bond donors (Lipinski definition) is 3. The van der Waals surface area contributed by atoms with Crippen molar-refractivity contribution in [3.05, 3.63) is 0 Å². The smallest absolute Gasteiger partial charge is 0.213 e. The predicted octanol–water partition coefficient (Wildman–Crippen LogP) is -0.593. The van der Waals surface area contributed by atoms with Crippen LogP contribution in [0.4, 0.5) is 0 Å². The van der Waals surface area contributed by atoms with E-state index in [4.69, 9.17) is 0 Å². The van der Waals surface area contributed by atoms with E-state index < -0.39 is 20.0 Å². The van der Waals surface area contributed by atoms with Crippen molar-refractivity contribution in [3.8, 4) is 0 Å². The van der Waals surface area contributed by atoms with Crippen molar-refractivity contribution in [2.75, 3.05) is 24.6 Å². The molecule has 7 nitrogen and oxygen atoms in total. The fourth-order valence-electron chi connectivity index (χ4n) is 1.99. The maximum atomic E-state index is 11.8. The SMILES string of the molecule is CCS(=O)(=O)NCCS(=O)(=O)NC1CCNC(C)C1.Cl. The van der Waals surface area contributed by atoms with Crippen molar-refractivity contribution >= 4 is 32.5 Å². The van der Waals surface area contributed by atoms with Gasteiger partial charge in [-0.3, -0.25) is 0 Å². The van der Waals surface area contributed by atoms with Gasteiger partial charge < -0.3 is 5.32 Å². The van der Waals surface area contributed by atoms with Crippen molar-refractivity contribution in [3.63, 3.8) is 0 Å². The summed E-state index contributed by atoms with van der Waals surface area (Å²) >= 11 is 0. The van der Waals surface area contributed by atoms with E-state index >= 15 is 0 Å². The lowest BCUT2D eigenvalue weighted by molar-refractivity contribution is 0.361. The normalized spacial score (nSPS) is 24.1. The Kier molecular flexibility index (Phi) is 8.53. The maximum absolute atomic E-state index is 11.8. The molecule has 0 radical (unpaired) electrons. The summed E-state index contributed by atoms with van der Waals surface area (Å²) in [7, 11) is -6.78. The summed E-state index contributed by atoms with van der Waals surface area (Å²) in [4.78, 5) is 0. The Morgan fingerprint density at radius 1 is 1.20 bits per heavy atom. The molecule has 10 heteroatoms. The van der Waals surface area contributed by atoms with Gasteiger partial charge in [-0.05, 0) is 33.2 Å². The summed E-state index contributed by atoms with van der Waals surface area (Å²) in [5.41, 5.74) is 0. The highest BCUT2D eigenvalue weighted by atomic mass is 35.5. The molecule has 1 heterocycles. The largest absolute Gasteiger partial charge is 0.314 e. The zero-order chi connectivity index (χ0) is 14.5. The molecular weight excluding hydrogens is 326 g/mol. The molecule has 0 aromatic heterocycles. The molecule has 0 saturated carbocycles. The molecule has 0 amide bonds. The van der Waals surface area contributed by atoms with Crippen LogP contribution in [-0.4, -0.2) is 53.5 Å². The van der Waals surface area contributed by atoms with E-state index in [1.165, 1.54) is 6.92 Å². The van der Waals surface area contributed by atoms with Crippen LogP contribution in [0, 0.1) is 0 Å². The van der Waals surface area contributed by atoms with Crippen LogP contribution in [0.15, 0.2) is 0 Å². The summed E-state index contributed by atoms with van der Waals surface area (Å²) in [5, 5.41) is 3.24. The quantitative estimate of drug-likeness (QED) is 0.569. The Bertz CT molecular complexity index is 481. The molecule has 122 valence electrons. The number of halogens is 1. The van der Waals surface area contributed by atoms with Crippen molar-refractivity contribution < 1.29 is 16.8 Å². The molecule has 0 aliphatic carbocycles. The minimum absolute atomic E-state index is 0. The van der Waals surface area contributed by atoms with E-state index in [-0.39, 0.29) is 36.5 Å². The van der Waals surface area contributed by atoms with Gasteiger partial charge in [0.05, 0.1) is 11.5 Å². The van der Waals surface area contributed by atoms with Crippen molar-refractivity contribution in [2.24, 2.45) is 0 Å². The molecule has 0 bridgehead atoms. The van der Waals surface area contributed by atoms with Gasteiger partial charge in [0.1, 0.15) is 0 Å². The second kappa shape index (κ2) is 8.50. The number of sulfonamides is 2. The van der Waals surface area contributed by atoms with Gasteiger partial charge in [0, 0.05) is 18.6 Å². The van der Waals surface area contributed by atoms with E-state index in [1.54, 1.807) is 0 Å². The highest BCUT2D eigenvalue weighted by Gasteiger charge is 2.23. The Balaban J connectivity index is 0.00000361. The molecule has 20 heavy (non-hydrogen) atoms. The first-order valence-corrected chi connectivity index (χ1v) is 9.75. The van der Waals surface area contributed by atoms with E-state index in [1.807, 2.05) is 6.92 Å². The van der Waals surface area contributed by atoms with Gasteiger partial charge in [-0.1, -0.05) is 0 Å². The van der Waals surface area contributed by atoms with Crippen LogP contribution in [0.3, 0.4) is 0 Å². The lowest BCUT2D eigenvalue weighted by atomic mass is 10.0. The Morgan fingerprint density at radius 3 is 2.40 bits per heavy atom. The van der Waals surface area contributed by atoms with Crippen LogP contribution in [0.1, 0.15) is 26.7 Å². The summed E-state index contributed by atoms with van der Waals surface area (Å²) in [6.45, 7) is 4.21. The van der Waals surface area contributed by atoms with Crippen LogP contribution < -0.4 is 14.8 Å². The number of nitrogens with one attached hydrogen (secondary N) is 3. The standard InChI is InChI=1S/C10H23N3O4S2.ClH/c1-3-18(14,15)12-6-7-19(16,17)13-10-4-5-11-9(2)8-10;/h9-13H,3-8H2,1-2H3;1H. The first-order chi connectivity index (χ1) is 8.74. The van der Waals surface area contributed by atoms with Gasteiger partial charge in [-0.2, -0.15) is 0 Å². The zero-order valence-corrected chi connectivity index (χ0v) is 14.2. The topological polar surface area (TPSA) is 104 Å². The van der Waals surface area contributed by atoms with Gasteiger partial charge in [-0.25, -0.2) is 26.3 Å². The van der Waals surface area contributed by atoms with Crippen molar-refractivity contribution in [2.45, 2.75) is 38.8 Å². The molecular formula is C10H24ClN3O4S2. The van der Waals surface area contributed by atoms with E-state index in [2.05, 4.69) is 14.8 Å². The second-order valence-corrected chi connectivity index (χ2v) is 8.78. The van der Waals surface area contributed by atoms with Gasteiger partial charge >= 0.3 is 0 Å². The zero-order valence-electron chi connectivity index (χ0n) is 11.8. The predicted molar refractivity (Wildman–Crippen MR) is 82.1 cm³/mol. The van der Waals surface area contributed by atoms with Gasteiger partial charge in [-0.15, -0.1) is 12.4 Å². The van der Waals surface area contributed by atoms with Crippen LogP contribution in [0.25, 0.3) is 0 Å². The minimum atomic E-state index is -3.44. The Hall–Kier alpha value is 0.0700. The van der Waals surface area contributed by atoms with Crippen LogP contribution >= 0.6 is 12.4 Å². The summed E-state index contributed by atoms with van der Waals surface area (Å²) in [6, 6.07) is 0.226. The highest BCUT2D eigenvalue weighted by molar-refractivity contribution is 7.90. The molecule has 1 aliphatic rings. The van der Waals surface area contributed by atoms with Crippen LogP contribution in [-0.2, 0) is 20.0 Å². The van der Waals surface area contributed by atoms with E-state index in [0.29, 0.717) is 6.04 Å². The lowest BCUT2D eigenvalue weighted by Gasteiger charge is -2.28. The summed E-state index contributed by atoms with van der Waals surface area (Å²) in [5.74, 6) is -0.281. The molecule has 1 fully saturated rings. The first-order valence-electron chi connectivity index (χ1n) is 6.45. The van der Waals surface area contributed by atoms with Crippen LogP contribution in [0.5, 0.6) is 0 Å². The first kappa shape index (κ1) is 20.1. The number of hydrogen-bond acceptors (Lipinski definition) is 5. The lowest BCUT2D eigenvalue weighted by Crippen LogP contribution is -2.47. The molecule has 0 aromatic rings. The van der Waals surface area contributed by atoms with E-state index in [0.717, 1.165) is 19.4 Å². The summed E-state index contributed by atoms with van der Waals surface area (Å²) < 4.78 is 50.9. The monoisotopic (exact) mass is 349 g/mol. The van der Waals surface area contributed by atoms with Gasteiger partial charge in [0.2, 0.25) is 20.0 Å². The van der Waals surface area contributed by atoms with Gasteiger partial charge in [0.15, 0.2) is 0 Å². The Labute approximate surface area is 127 Å². The third-order valence-electron chi connectivity index (χ3n) is 3.04. The maximum Gasteiger partial charge on any atom is 0.213 e. The average Bonchev–Trinajstić information content (AvgIpc) is 2.27. The molecule has 1 saturated heterocycles. The third kappa shape index (κ3) is 7.75. The number of piperidine rings is 1. The second-order valence-electron chi connectivity index (χ2n) is 4.81. The fourth-order valence-corrected chi connectivity index (χ4v) is 3.94. The van der Waals surface area contributed by atoms with Crippen molar-refractivity contribution in [1.29, 1.82) is 0 Å². The minimum Gasteiger partial charge on any atom is -0.314 e. The highest BCUT2D eigenvalue weighted by Crippen LogP contribution is 2.09. The molecule has 1 rings (SSSR count). The number of rotatable bonds is 7. The van der Waals surface area contributed by atoms with Crippen molar-refractivity contribution in [1.82, 2.24) is 14.8 Å². The fraction of sp³-hybridized carbons (Fsp3) is 1.00. The molecule has 1 aliphatic heterocycles. The summed E-state index contributed by atoms with van der Waals surface area (Å²) in [6.07, 6.45) is 1.50. The Morgan fingerprint density at radius 2 is 1.85 bits per heavy atom. The van der Waals surface area contributed by atoms with Crippen LogP contribution in [0.2, 0.25) is 0 Å².